The number of hydrogen-bond acceptors (Lipinski definition) is 3. The fraction of sp³-hybridized carbons (Fsp3) is 0.429. The third-order valence-electron chi connectivity index (χ3n) is 3.42. The number of ketones is 1. The van der Waals surface area contributed by atoms with Crippen LogP contribution >= 0.6 is 0 Å². The van der Waals surface area contributed by atoms with Crippen molar-refractivity contribution in [3.8, 4) is 0 Å². The number of carbonyl (C=O) groups excluding carboxylic acids is 2. The van der Waals surface area contributed by atoms with E-state index < -0.39 is 11.7 Å². The van der Waals surface area contributed by atoms with Crippen LogP contribution in [0, 0.1) is 5.92 Å². The van der Waals surface area contributed by atoms with Gasteiger partial charge < -0.3 is 10.1 Å². The van der Waals surface area contributed by atoms with Crippen molar-refractivity contribution in [3.63, 3.8) is 0 Å². The fourth-order valence-electron chi connectivity index (χ4n) is 2.20. The number of rotatable bonds is 6. The van der Waals surface area contributed by atoms with Gasteiger partial charge in [-0.05, 0) is 45.3 Å². The fourth-order valence-corrected chi connectivity index (χ4v) is 2.20. The van der Waals surface area contributed by atoms with Gasteiger partial charge in [-0.25, -0.2) is 4.79 Å². The minimum absolute atomic E-state index is 0.0923. The van der Waals surface area contributed by atoms with Gasteiger partial charge in [0.1, 0.15) is 5.60 Å². The van der Waals surface area contributed by atoms with Crippen molar-refractivity contribution in [2.24, 2.45) is 5.92 Å². The van der Waals surface area contributed by atoms with Crippen molar-refractivity contribution >= 4 is 17.4 Å². The first-order chi connectivity index (χ1) is 11.6. The van der Waals surface area contributed by atoms with Crippen LogP contribution in [-0.2, 0) is 9.53 Å². The van der Waals surface area contributed by atoms with Crippen LogP contribution in [0.4, 0.5) is 4.79 Å². The molecule has 0 spiro atoms. The maximum absolute atomic E-state index is 12.5. The van der Waals surface area contributed by atoms with E-state index >= 15 is 0 Å². The molecule has 0 fully saturated rings. The highest BCUT2D eigenvalue weighted by Crippen LogP contribution is 2.19. The molecule has 1 unspecified atom stereocenters. The zero-order valence-electron chi connectivity index (χ0n) is 16.0. The zero-order valence-corrected chi connectivity index (χ0v) is 16.0. The van der Waals surface area contributed by atoms with Crippen LogP contribution in [-0.4, -0.2) is 23.5 Å². The van der Waals surface area contributed by atoms with Gasteiger partial charge in [-0.3, -0.25) is 4.79 Å². The number of carbonyl (C=O) groups is 2. The average Bonchev–Trinajstić information content (AvgIpc) is 2.50. The highest BCUT2D eigenvalue weighted by molar-refractivity contribution is 6.26. The monoisotopic (exact) mass is 343 g/mol. The summed E-state index contributed by atoms with van der Waals surface area (Å²) in [5.41, 5.74) is 0.814. The van der Waals surface area contributed by atoms with Crippen LogP contribution < -0.4 is 5.32 Å². The molecule has 0 aromatic heterocycles. The molecule has 1 rings (SSSR count). The third-order valence-corrected chi connectivity index (χ3v) is 3.42. The van der Waals surface area contributed by atoms with Crippen LogP contribution in [0.5, 0.6) is 0 Å². The Kier molecular flexibility index (Phi) is 7.62. The Morgan fingerprint density at radius 1 is 1.12 bits per heavy atom. The van der Waals surface area contributed by atoms with E-state index in [1.807, 2.05) is 71.0 Å². The second-order valence-electron chi connectivity index (χ2n) is 7.23. The summed E-state index contributed by atoms with van der Waals surface area (Å²) >= 11 is 0. The van der Waals surface area contributed by atoms with E-state index in [0.717, 1.165) is 5.56 Å². The molecule has 0 heterocycles. The van der Waals surface area contributed by atoms with Gasteiger partial charge in [-0.2, -0.15) is 0 Å². The Balaban J connectivity index is 3.16. The molecule has 0 bridgehead atoms. The van der Waals surface area contributed by atoms with Crippen molar-refractivity contribution in [3.05, 3.63) is 54.1 Å². The van der Waals surface area contributed by atoms with E-state index in [9.17, 15) is 9.59 Å². The van der Waals surface area contributed by atoms with Crippen LogP contribution in [0.2, 0.25) is 0 Å². The maximum atomic E-state index is 12.5. The maximum Gasteiger partial charge on any atom is 0.408 e. The predicted octanol–water partition coefficient (Wildman–Crippen LogP) is 4.76. The summed E-state index contributed by atoms with van der Waals surface area (Å²) in [6, 6.07) is 9.13. The zero-order chi connectivity index (χ0) is 19.0. The molecule has 0 saturated carbocycles. The first-order valence-corrected chi connectivity index (χ1v) is 8.58. The van der Waals surface area contributed by atoms with Crippen molar-refractivity contribution in [1.29, 1.82) is 0 Å². The van der Waals surface area contributed by atoms with E-state index in [1.54, 1.807) is 13.0 Å². The number of allylic oxidation sites excluding steroid dienone is 3. The van der Waals surface area contributed by atoms with Gasteiger partial charge in [0.25, 0.3) is 0 Å². The van der Waals surface area contributed by atoms with Crippen molar-refractivity contribution < 1.29 is 14.3 Å². The molecule has 4 heteroatoms. The molecule has 136 valence electrons. The van der Waals surface area contributed by atoms with Gasteiger partial charge in [0, 0.05) is 5.57 Å². The summed E-state index contributed by atoms with van der Waals surface area (Å²) in [7, 11) is 0. The summed E-state index contributed by atoms with van der Waals surface area (Å²) in [4.78, 5) is 24.6. The van der Waals surface area contributed by atoms with E-state index in [0.29, 0.717) is 5.57 Å². The Bertz CT molecular complexity index is 637. The van der Waals surface area contributed by atoms with E-state index in [1.165, 1.54) is 6.08 Å². The number of nitrogens with one attached hydrogen (secondary N) is 1. The largest absolute Gasteiger partial charge is 0.444 e. The van der Waals surface area contributed by atoms with Gasteiger partial charge in [-0.1, -0.05) is 56.3 Å². The van der Waals surface area contributed by atoms with Crippen molar-refractivity contribution in [1.82, 2.24) is 5.32 Å². The van der Waals surface area contributed by atoms with Gasteiger partial charge >= 0.3 is 6.09 Å². The molecule has 1 N–H and O–H groups in total. The lowest BCUT2D eigenvalue weighted by Gasteiger charge is -2.24. The molecule has 1 amide bonds. The van der Waals surface area contributed by atoms with Gasteiger partial charge in [0.05, 0.1) is 6.04 Å². The van der Waals surface area contributed by atoms with Crippen LogP contribution in [0.1, 0.15) is 47.1 Å². The number of ether oxygens (including phenoxy) is 1. The lowest BCUT2D eigenvalue weighted by molar-refractivity contribution is -0.109. The van der Waals surface area contributed by atoms with Gasteiger partial charge in [0.15, 0.2) is 5.78 Å². The van der Waals surface area contributed by atoms with Crippen molar-refractivity contribution in [2.45, 2.75) is 53.2 Å². The number of benzene rings is 1. The summed E-state index contributed by atoms with van der Waals surface area (Å²) < 4.78 is 5.34. The second kappa shape index (κ2) is 9.21. The highest BCUT2D eigenvalue weighted by atomic mass is 16.6. The van der Waals surface area contributed by atoms with Crippen LogP contribution in [0.3, 0.4) is 0 Å². The summed E-state index contributed by atoms with van der Waals surface area (Å²) in [5.74, 6) is 0.00924. The Morgan fingerprint density at radius 2 is 1.72 bits per heavy atom. The van der Waals surface area contributed by atoms with E-state index in [4.69, 9.17) is 4.74 Å². The Labute approximate surface area is 151 Å². The molecule has 0 saturated heterocycles. The molecule has 0 aliphatic carbocycles. The van der Waals surface area contributed by atoms with E-state index in [2.05, 4.69) is 5.32 Å². The van der Waals surface area contributed by atoms with Crippen LogP contribution in [0.25, 0.3) is 5.57 Å². The molecule has 1 aromatic carbocycles. The molecule has 1 atom stereocenters. The standard InChI is InChI=1S/C21H29NO3/c1-7-11-19(23)17(16-12-9-8-10-13-16)14-18(15(2)3)22-20(24)25-21(4,5)6/h7-15,18H,1-6H3,(H,22,24). The van der Waals surface area contributed by atoms with Gasteiger partial charge in [-0.15, -0.1) is 0 Å². The SMILES string of the molecule is CC=CC(=O)C(=CC(NC(=O)OC(C)(C)C)C(C)C)c1ccccc1. The quantitative estimate of drug-likeness (QED) is 0.757. The molecule has 1 aromatic rings. The Hall–Kier alpha value is -2.36. The molecular weight excluding hydrogens is 314 g/mol. The summed E-state index contributed by atoms with van der Waals surface area (Å²) in [5, 5.41) is 2.86. The first kappa shape index (κ1) is 20.7. The molecule has 0 aliphatic heterocycles. The van der Waals surface area contributed by atoms with Crippen LogP contribution in [0.15, 0.2) is 48.6 Å². The minimum Gasteiger partial charge on any atom is -0.444 e. The second-order valence-corrected chi connectivity index (χ2v) is 7.23. The van der Waals surface area contributed by atoms with E-state index in [-0.39, 0.29) is 17.7 Å². The summed E-state index contributed by atoms with van der Waals surface area (Å²) in [6.07, 6.45) is 4.56. The summed E-state index contributed by atoms with van der Waals surface area (Å²) in [6.45, 7) is 11.2. The lowest BCUT2D eigenvalue weighted by Crippen LogP contribution is -2.41. The normalized spacial score (nSPS) is 13.8. The predicted molar refractivity (Wildman–Crippen MR) is 102 cm³/mol. The smallest absolute Gasteiger partial charge is 0.408 e. The molecule has 0 aliphatic rings. The molecule has 0 radical (unpaired) electrons. The lowest BCUT2D eigenvalue weighted by atomic mass is 9.95. The number of hydrogen-bond donors (Lipinski definition) is 1. The molecule has 25 heavy (non-hydrogen) atoms. The van der Waals surface area contributed by atoms with Gasteiger partial charge in [0.2, 0.25) is 0 Å². The average molecular weight is 343 g/mol. The third kappa shape index (κ3) is 7.38. The first-order valence-electron chi connectivity index (χ1n) is 8.58. The van der Waals surface area contributed by atoms with Crippen molar-refractivity contribution in [2.75, 3.05) is 0 Å². The number of amides is 1. The number of alkyl carbamates (subject to hydrolysis) is 1. The highest BCUT2D eigenvalue weighted by Gasteiger charge is 2.22. The minimum atomic E-state index is -0.571. The topological polar surface area (TPSA) is 55.4 Å². The Morgan fingerprint density at radius 3 is 2.20 bits per heavy atom. The molecule has 4 nitrogen and oxygen atoms in total. The molecular formula is C21H29NO3.